The molecule has 0 aliphatic rings. The van der Waals surface area contributed by atoms with Gasteiger partial charge in [-0.2, -0.15) is 0 Å². The predicted molar refractivity (Wildman–Crippen MR) is 101 cm³/mol. The first kappa shape index (κ1) is 19.0. The molecule has 0 aliphatic heterocycles. The number of benzene rings is 3. The molecule has 0 aliphatic carbocycles. The molecule has 0 aromatic heterocycles. The molecule has 0 saturated heterocycles. The Morgan fingerprint density at radius 2 is 1.48 bits per heavy atom. The largest absolute Gasteiger partial charge is 0.489 e. The maximum Gasteiger partial charge on any atom is 0.165 e. The fourth-order valence-electron chi connectivity index (χ4n) is 2.95. The summed E-state index contributed by atoms with van der Waals surface area (Å²) in [6, 6.07) is 15.1. The van der Waals surface area contributed by atoms with Gasteiger partial charge in [0, 0.05) is 11.1 Å². The smallest absolute Gasteiger partial charge is 0.165 e. The van der Waals surface area contributed by atoms with Gasteiger partial charge in [-0.15, -0.1) is 0 Å². The van der Waals surface area contributed by atoms with Gasteiger partial charge >= 0.3 is 0 Å². The highest BCUT2D eigenvalue weighted by atomic mass is 19.2. The number of ether oxygens (including phenoxy) is 1. The van der Waals surface area contributed by atoms with E-state index in [0.717, 1.165) is 17.5 Å². The van der Waals surface area contributed by atoms with E-state index in [0.29, 0.717) is 23.3 Å². The lowest BCUT2D eigenvalue weighted by molar-refractivity contribution is 0.297. The zero-order valence-electron chi connectivity index (χ0n) is 15.4. The molecule has 0 unspecified atom stereocenters. The molecule has 4 heteroatoms. The van der Waals surface area contributed by atoms with E-state index in [1.54, 1.807) is 42.5 Å². The third-order valence-corrected chi connectivity index (χ3v) is 4.45. The summed E-state index contributed by atoms with van der Waals surface area (Å²) in [5, 5.41) is 0. The topological polar surface area (TPSA) is 9.23 Å². The van der Waals surface area contributed by atoms with Gasteiger partial charge in [0.15, 0.2) is 11.6 Å². The molecule has 140 valence electrons. The number of aryl methyl sites for hydroxylation is 2. The average Bonchev–Trinajstić information content (AvgIpc) is 2.66. The lowest BCUT2D eigenvalue weighted by Crippen LogP contribution is -2.03. The van der Waals surface area contributed by atoms with Crippen molar-refractivity contribution >= 4 is 0 Å². The van der Waals surface area contributed by atoms with Crippen LogP contribution in [0.25, 0.3) is 11.1 Å². The van der Waals surface area contributed by atoms with Crippen molar-refractivity contribution in [3.05, 3.63) is 88.7 Å². The Bertz CT molecular complexity index is 933. The van der Waals surface area contributed by atoms with E-state index in [2.05, 4.69) is 0 Å². The fourth-order valence-corrected chi connectivity index (χ4v) is 2.95. The van der Waals surface area contributed by atoms with Crippen molar-refractivity contribution in [3.8, 4) is 16.9 Å². The monoisotopic (exact) mass is 370 g/mol. The van der Waals surface area contributed by atoms with Crippen LogP contribution in [0, 0.1) is 24.4 Å². The number of hydrogen-bond donors (Lipinski definition) is 0. The van der Waals surface area contributed by atoms with Gasteiger partial charge in [-0.3, -0.25) is 0 Å². The molecule has 1 nitrogen and oxygen atoms in total. The summed E-state index contributed by atoms with van der Waals surface area (Å²) in [7, 11) is 0. The van der Waals surface area contributed by atoms with Crippen LogP contribution < -0.4 is 4.74 Å². The first-order valence-corrected chi connectivity index (χ1v) is 8.94. The Balaban J connectivity index is 1.71. The van der Waals surface area contributed by atoms with Crippen molar-refractivity contribution in [2.24, 2.45) is 0 Å². The van der Waals surface area contributed by atoms with Crippen LogP contribution in [-0.4, -0.2) is 0 Å². The van der Waals surface area contributed by atoms with Crippen molar-refractivity contribution in [2.45, 2.75) is 33.3 Å². The second-order valence-electron chi connectivity index (χ2n) is 6.56. The van der Waals surface area contributed by atoms with Gasteiger partial charge in [0.1, 0.15) is 18.2 Å². The van der Waals surface area contributed by atoms with Crippen LogP contribution in [0.4, 0.5) is 13.2 Å². The van der Waals surface area contributed by atoms with Crippen molar-refractivity contribution in [3.63, 3.8) is 0 Å². The third kappa shape index (κ3) is 4.33. The summed E-state index contributed by atoms with van der Waals surface area (Å²) in [6.07, 6.45) is 1.25. The number of halogens is 3. The van der Waals surface area contributed by atoms with Gasteiger partial charge in [-0.05, 0) is 48.2 Å². The summed E-state index contributed by atoms with van der Waals surface area (Å²) >= 11 is 0. The van der Waals surface area contributed by atoms with Crippen molar-refractivity contribution in [2.75, 3.05) is 0 Å². The third-order valence-electron chi connectivity index (χ3n) is 4.45. The molecule has 0 N–H and O–H groups in total. The molecule has 0 spiro atoms. The van der Waals surface area contributed by atoms with E-state index in [1.165, 1.54) is 6.07 Å². The average molecular weight is 370 g/mol. The normalized spacial score (nSPS) is 10.9. The lowest BCUT2D eigenvalue weighted by Gasteiger charge is -2.11. The van der Waals surface area contributed by atoms with Gasteiger partial charge in [-0.1, -0.05) is 49.7 Å². The fraction of sp³-hybridized carbons (Fsp3) is 0.217. The van der Waals surface area contributed by atoms with Crippen molar-refractivity contribution in [1.29, 1.82) is 0 Å². The molecule has 0 fully saturated rings. The Kier molecular flexibility index (Phi) is 5.84. The number of hydrogen-bond acceptors (Lipinski definition) is 1. The predicted octanol–water partition coefficient (Wildman–Crippen LogP) is 6.61. The molecular formula is C23H21F3O. The van der Waals surface area contributed by atoms with Crippen LogP contribution in [-0.2, 0) is 13.0 Å². The van der Waals surface area contributed by atoms with E-state index in [1.807, 2.05) is 19.9 Å². The van der Waals surface area contributed by atoms with Crippen LogP contribution in [0.5, 0.6) is 5.75 Å². The zero-order chi connectivity index (χ0) is 19.4. The quantitative estimate of drug-likeness (QED) is 0.474. The summed E-state index contributed by atoms with van der Waals surface area (Å²) in [5.74, 6) is -1.44. The molecule has 0 saturated carbocycles. The second-order valence-corrected chi connectivity index (χ2v) is 6.56. The molecule has 3 rings (SSSR count). The van der Waals surface area contributed by atoms with E-state index < -0.39 is 11.6 Å². The summed E-state index contributed by atoms with van der Waals surface area (Å²) < 4.78 is 47.8. The van der Waals surface area contributed by atoms with E-state index >= 15 is 0 Å². The van der Waals surface area contributed by atoms with Crippen LogP contribution in [0.15, 0.2) is 54.6 Å². The van der Waals surface area contributed by atoms with Gasteiger partial charge < -0.3 is 4.74 Å². The molecule has 3 aromatic rings. The van der Waals surface area contributed by atoms with Crippen LogP contribution in [0.1, 0.15) is 30.0 Å². The molecule has 0 radical (unpaired) electrons. The molecule has 27 heavy (non-hydrogen) atoms. The van der Waals surface area contributed by atoms with Gasteiger partial charge in [0.05, 0.1) is 0 Å². The van der Waals surface area contributed by atoms with Gasteiger partial charge in [-0.25, -0.2) is 13.2 Å². The SMILES string of the molecule is CCCc1ccc(COc2ccc(-c3ccc(C)cc3F)cc2)c(F)c1F. The lowest BCUT2D eigenvalue weighted by atomic mass is 10.0. The standard InChI is InChI=1S/C23H21F3O/c1-3-4-17-6-7-18(23(26)22(17)25)14-27-19-10-8-16(9-11-19)20-12-5-15(2)13-21(20)24/h5-13H,3-4,14H2,1-2H3. The maximum atomic E-state index is 14.2. The second kappa shape index (κ2) is 8.30. The van der Waals surface area contributed by atoms with Crippen LogP contribution in [0.2, 0.25) is 0 Å². The Hall–Kier alpha value is -2.75. The minimum atomic E-state index is -0.862. The summed E-state index contributed by atoms with van der Waals surface area (Å²) in [5.41, 5.74) is 2.63. The Labute approximate surface area is 157 Å². The van der Waals surface area contributed by atoms with Gasteiger partial charge in [0.2, 0.25) is 0 Å². The van der Waals surface area contributed by atoms with Crippen molar-refractivity contribution in [1.82, 2.24) is 0 Å². The molecule has 3 aromatic carbocycles. The first-order chi connectivity index (χ1) is 13.0. The van der Waals surface area contributed by atoms with E-state index in [-0.39, 0.29) is 18.0 Å². The molecule has 0 heterocycles. The minimum absolute atomic E-state index is 0.0760. The highest BCUT2D eigenvalue weighted by molar-refractivity contribution is 5.65. The molecular weight excluding hydrogens is 349 g/mol. The number of rotatable bonds is 6. The summed E-state index contributed by atoms with van der Waals surface area (Å²) in [4.78, 5) is 0. The molecule has 0 atom stereocenters. The first-order valence-electron chi connectivity index (χ1n) is 8.94. The Morgan fingerprint density at radius 1 is 0.815 bits per heavy atom. The van der Waals surface area contributed by atoms with Crippen LogP contribution >= 0.6 is 0 Å². The van der Waals surface area contributed by atoms with Crippen molar-refractivity contribution < 1.29 is 17.9 Å². The molecule has 0 amide bonds. The summed E-state index contributed by atoms with van der Waals surface area (Å²) in [6.45, 7) is 3.68. The van der Waals surface area contributed by atoms with Crippen LogP contribution in [0.3, 0.4) is 0 Å². The Morgan fingerprint density at radius 3 is 2.15 bits per heavy atom. The van der Waals surface area contributed by atoms with Gasteiger partial charge in [0.25, 0.3) is 0 Å². The zero-order valence-corrected chi connectivity index (χ0v) is 15.4. The minimum Gasteiger partial charge on any atom is -0.489 e. The van der Waals surface area contributed by atoms with E-state index in [4.69, 9.17) is 4.74 Å². The highest BCUT2D eigenvalue weighted by Crippen LogP contribution is 2.26. The maximum absolute atomic E-state index is 14.2. The van der Waals surface area contributed by atoms with E-state index in [9.17, 15) is 13.2 Å². The molecule has 0 bridgehead atoms. The highest BCUT2D eigenvalue weighted by Gasteiger charge is 2.13.